The Kier molecular flexibility index (Phi) is 4.89. The van der Waals surface area contributed by atoms with E-state index in [1.165, 1.54) is 11.3 Å². The average Bonchev–Trinajstić information content (AvgIpc) is 3.03. The Morgan fingerprint density at radius 3 is 2.76 bits per heavy atom. The number of aromatic nitrogens is 3. The van der Waals surface area contributed by atoms with Crippen molar-refractivity contribution in [3.8, 4) is 0 Å². The number of rotatable bonds is 6. The second-order valence-corrected chi connectivity index (χ2v) is 5.75. The zero-order chi connectivity index (χ0) is 15.4. The van der Waals surface area contributed by atoms with Gasteiger partial charge in [-0.15, -0.1) is 10.2 Å². The highest BCUT2D eigenvalue weighted by atomic mass is 32.1. The smallest absolute Gasteiger partial charge is 0.282 e. The van der Waals surface area contributed by atoms with E-state index in [1.807, 2.05) is 20.8 Å². The molecule has 2 aromatic rings. The van der Waals surface area contributed by atoms with Gasteiger partial charge in [0.2, 0.25) is 10.1 Å². The Morgan fingerprint density at radius 2 is 2.14 bits per heavy atom. The van der Waals surface area contributed by atoms with Gasteiger partial charge in [0.15, 0.2) is 0 Å². The van der Waals surface area contributed by atoms with Gasteiger partial charge in [0.05, 0.1) is 11.7 Å². The Morgan fingerprint density at radius 1 is 1.38 bits per heavy atom. The van der Waals surface area contributed by atoms with Crippen molar-refractivity contribution < 1.29 is 9.32 Å². The Balaban J connectivity index is 2.02. The van der Waals surface area contributed by atoms with Gasteiger partial charge in [0, 0.05) is 12.1 Å². The Bertz CT molecular complexity index is 602. The van der Waals surface area contributed by atoms with Crippen LogP contribution in [0, 0.1) is 13.8 Å². The van der Waals surface area contributed by atoms with E-state index in [2.05, 4.69) is 32.9 Å². The maximum absolute atomic E-state index is 12.2. The zero-order valence-electron chi connectivity index (χ0n) is 12.6. The molecule has 114 valence electrons. The van der Waals surface area contributed by atoms with Crippen LogP contribution in [0.5, 0.6) is 0 Å². The number of carbonyl (C=O) groups excluding carboxylic acids is 1. The molecule has 2 heterocycles. The normalized spacial score (nSPS) is 12.2. The third-order valence-corrected chi connectivity index (χ3v) is 3.89. The van der Waals surface area contributed by atoms with Crippen LogP contribution < -0.4 is 10.6 Å². The summed E-state index contributed by atoms with van der Waals surface area (Å²) in [6.45, 7) is 8.45. The third kappa shape index (κ3) is 3.57. The first-order chi connectivity index (χ1) is 10.0. The van der Waals surface area contributed by atoms with Crippen LogP contribution in [0.1, 0.15) is 53.1 Å². The predicted octanol–water partition coefficient (Wildman–Crippen LogP) is 2.46. The molecule has 0 saturated carbocycles. The van der Waals surface area contributed by atoms with Crippen molar-refractivity contribution in [2.75, 3.05) is 11.9 Å². The fourth-order valence-electron chi connectivity index (χ4n) is 2.06. The van der Waals surface area contributed by atoms with E-state index in [1.54, 1.807) is 0 Å². The molecule has 1 amide bonds. The number of hydrogen-bond acceptors (Lipinski definition) is 7. The largest absolute Gasteiger partial charge is 0.361 e. The van der Waals surface area contributed by atoms with Gasteiger partial charge in [0.1, 0.15) is 5.76 Å². The molecule has 2 rings (SSSR count). The van der Waals surface area contributed by atoms with Crippen LogP contribution in [0.2, 0.25) is 0 Å². The minimum atomic E-state index is -0.246. The number of nitrogens with zero attached hydrogens (tertiary/aromatic N) is 3. The highest BCUT2D eigenvalue weighted by Gasteiger charge is 2.20. The number of nitrogens with one attached hydrogen (secondary N) is 2. The Hall–Kier alpha value is -1.96. The summed E-state index contributed by atoms with van der Waals surface area (Å²) in [5, 5.41) is 18.7. The summed E-state index contributed by atoms with van der Waals surface area (Å²) in [4.78, 5) is 12.2. The van der Waals surface area contributed by atoms with E-state index >= 15 is 0 Å². The van der Waals surface area contributed by atoms with Gasteiger partial charge in [-0.25, -0.2) is 0 Å². The molecule has 0 aliphatic rings. The van der Waals surface area contributed by atoms with Gasteiger partial charge in [-0.1, -0.05) is 23.4 Å². The molecule has 0 spiro atoms. The molecule has 0 radical (unpaired) electrons. The molecule has 0 aromatic carbocycles. The van der Waals surface area contributed by atoms with Crippen molar-refractivity contribution >= 4 is 22.4 Å². The molecule has 21 heavy (non-hydrogen) atoms. The van der Waals surface area contributed by atoms with Crippen LogP contribution in [0.4, 0.5) is 5.13 Å². The molecule has 0 aliphatic heterocycles. The van der Waals surface area contributed by atoms with Crippen LogP contribution in [0.15, 0.2) is 4.52 Å². The first-order valence-corrected chi connectivity index (χ1v) is 7.65. The molecule has 7 nitrogen and oxygen atoms in total. The summed E-state index contributed by atoms with van der Waals surface area (Å²) < 4.78 is 5.12. The van der Waals surface area contributed by atoms with Crippen molar-refractivity contribution in [2.45, 2.75) is 40.2 Å². The molecular formula is C13H19N5O2S. The molecular weight excluding hydrogens is 290 g/mol. The first-order valence-electron chi connectivity index (χ1n) is 6.84. The van der Waals surface area contributed by atoms with Crippen LogP contribution in [-0.2, 0) is 0 Å². The van der Waals surface area contributed by atoms with Crippen LogP contribution in [-0.4, -0.2) is 27.8 Å². The summed E-state index contributed by atoms with van der Waals surface area (Å²) in [5.74, 6) is 0.465. The standard InChI is InChI=1S/C13H19N5O2S/c1-5-6-14-13-17-16-12(21-13)11(19)15-7(2)10-8(3)18-20-9(10)4/h7H,5-6H2,1-4H3,(H,14,17)(H,15,19). The lowest BCUT2D eigenvalue weighted by molar-refractivity contribution is 0.0938. The van der Waals surface area contributed by atoms with Gasteiger partial charge in [0.25, 0.3) is 5.91 Å². The summed E-state index contributed by atoms with van der Waals surface area (Å²) in [6.07, 6.45) is 0.990. The van der Waals surface area contributed by atoms with Crippen LogP contribution >= 0.6 is 11.3 Å². The van der Waals surface area contributed by atoms with Gasteiger partial charge in [-0.2, -0.15) is 0 Å². The van der Waals surface area contributed by atoms with E-state index < -0.39 is 0 Å². The first kappa shape index (κ1) is 15.4. The Labute approximate surface area is 127 Å². The molecule has 1 atom stereocenters. The van der Waals surface area contributed by atoms with Crippen molar-refractivity contribution in [3.63, 3.8) is 0 Å². The van der Waals surface area contributed by atoms with Crippen LogP contribution in [0.3, 0.4) is 0 Å². The lowest BCUT2D eigenvalue weighted by atomic mass is 10.1. The quantitative estimate of drug-likeness (QED) is 0.851. The van der Waals surface area contributed by atoms with Crippen molar-refractivity contribution in [1.29, 1.82) is 0 Å². The fourth-order valence-corrected chi connectivity index (χ4v) is 2.73. The minimum Gasteiger partial charge on any atom is -0.361 e. The summed E-state index contributed by atoms with van der Waals surface area (Å²) >= 11 is 1.24. The number of aryl methyl sites for hydroxylation is 2. The second-order valence-electron chi connectivity index (χ2n) is 4.77. The molecule has 0 aliphatic carbocycles. The van der Waals surface area contributed by atoms with Gasteiger partial charge < -0.3 is 15.2 Å². The average molecular weight is 309 g/mol. The van der Waals surface area contributed by atoms with Crippen LogP contribution in [0.25, 0.3) is 0 Å². The summed E-state index contributed by atoms with van der Waals surface area (Å²) in [7, 11) is 0. The lowest BCUT2D eigenvalue weighted by Crippen LogP contribution is -2.27. The van der Waals surface area contributed by atoms with Gasteiger partial charge in [-0.05, 0) is 27.2 Å². The highest BCUT2D eigenvalue weighted by Crippen LogP contribution is 2.22. The maximum atomic E-state index is 12.2. The highest BCUT2D eigenvalue weighted by molar-refractivity contribution is 7.17. The molecule has 0 fully saturated rings. The summed E-state index contributed by atoms with van der Waals surface area (Å²) in [5.41, 5.74) is 1.68. The third-order valence-electron chi connectivity index (χ3n) is 3.01. The molecule has 0 bridgehead atoms. The van der Waals surface area contributed by atoms with E-state index in [4.69, 9.17) is 4.52 Å². The number of carbonyl (C=O) groups is 1. The van der Waals surface area contributed by atoms with E-state index in [-0.39, 0.29) is 11.9 Å². The number of hydrogen-bond donors (Lipinski definition) is 2. The van der Waals surface area contributed by atoms with Crippen molar-refractivity contribution in [1.82, 2.24) is 20.7 Å². The molecule has 2 N–H and O–H groups in total. The SMILES string of the molecule is CCCNc1nnc(C(=O)NC(C)c2c(C)noc2C)s1. The lowest BCUT2D eigenvalue weighted by Gasteiger charge is -2.12. The van der Waals surface area contributed by atoms with E-state index in [0.29, 0.717) is 15.9 Å². The molecule has 2 aromatic heterocycles. The second kappa shape index (κ2) is 6.66. The monoisotopic (exact) mass is 309 g/mol. The predicted molar refractivity (Wildman–Crippen MR) is 80.5 cm³/mol. The van der Waals surface area contributed by atoms with Gasteiger partial charge >= 0.3 is 0 Å². The summed E-state index contributed by atoms with van der Waals surface area (Å²) in [6, 6.07) is -0.195. The van der Waals surface area contributed by atoms with Crippen molar-refractivity contribution in [2.24, 2.45) is 0 Å². The topological polar surface area (TPSA) is 92.9 Å². The molecule has 0 saturated heterocycles. The van der Waals surface area contributed by atoms with E-state index in [0.717, 1.165) is 24.2 Å². The maximum Gasteiger partial charge on any atom is 0.282 e. The van der Waals surface area contributed by atoms with Gasteiger partial charge in [-0.3, -0.25) is 4.79 Å². The van der Waals surface area contributed by atoms with E-state index in [9.17, 15) is 4.79 Å². The number of anilines is 1. The number of amides is 1. The van der Waals surface area contributed by atoms with Crippen molar-refractivity contribution in [3.05, 3.63) is 22.0 Å². The fraction of sp³-hybridized carbons (Fsp3) is 0.538. The molecule has 1 unspecified atom stereocenters. The minimum absolute atomic E-state index is 0.195. The molecule has 8 heteroatoms. The zero-order valence-corrected chi connectivity index (χ0v) is 13.4.